The number of nitrogens with one attached hydrogen (secondary N) is 2. The molecule has 3 atom stereocenters. The number of carbonyl (C=O) groups is 1. The summed E-state index contributed by atoms with van der Waals surface area (Å²) in [4.78, 5) is 15.3. The van der Waals surface area contributed by atoms with Gasteiger partial charge in [-0.05, 0) is 57.2 Å². The van der Waals surface area contributed by atoms with Crippen LogP contribution in [-0.2, 0) is 14.9 Å². The lowest BCUT2D eigenvalue weighted by atomic mass is 9.74. The number of nitrogens with zero attached hydrogens (tertiary/aromatic N) is 1. The molecule has 3 N–H and O–H groups in total. The zero-order valence-corrected chi connectivity index (χ0v) is 18.0. The second kappa shape index (κ2) is 10.2. The first-order valence-electron chi connectivity index (χ1n) is 11.7. The molecule has 1 amide bonds. The Hall–Kier alpha value is -1.47. The molecular formula is C24H37N3O3. The van der Waals surface area contributed by atoms with Gasteiger partial charge in [0, 0.05) is 37.0 Å². The molecule has 0 unspecified atom stereocenters. The number of benzene rings is 1. The van der Waals surface area contributed by atoms with Crippen LogP contribution >= 0.6 is 0 Å². The van der Waals surface area contributed by atoms with E-state index in [2.05, 4.69) is 39.8 Å². The first kappa shape index (κ1) is 21.8. The zero-order valence-electron chi connectivity index (χ0n) is 18.0. The van der Waals surface area contributed by atoms with E-state index in [9.17, 15) is 9.90 Å². The number of ether oxygens (including phenoxy) is 1. The van der Waals surface area contributed by atoms with Gasteiger partial charge in [0.15, 0.2) is 0 Å². The third-order valence-corrected chi connectivity index (χ3v) is 7.49. The Balaban J connectivity index is 1.49. The standard InChI is InChI=1S/C24H37N3O3/c28-22-7-11-24(20-4-2-1-3-5-20,10-6-21(22)27-14-16-30-17-15-27)18-26-23(29)19-8-12-25-13-9-19/h1-5,19,21-22,25,28H,6-18H2,(H,26,29)/t21-,22-,24-/m1/s1. The van der Waals surface area contributed by atoms with Crippen molar-refractivity contribution in [3.05, 3.63) is 35.9 Å². The zero-order chi connectivity index (χ0) is 20.8. The molecule has 2 aliphatic heterocycles. The maximum atomic E-state index is 12.9. The molecule has 4 rings (SSSR count). The number of amides is 1. The summed E-state index contributed by atoms with van der Waals surface area (Å²) < 4.78 is 5.51. The van der Waals surface area contributed by atoms with Crippen molar-refractivity contribution in [1.82, 2.24) is 15.5 Å². The Kier molecular flexibility index (Phi) is 7.41. The van der Waals surface area contributed by atoms with Gasteiger partial charge in [0.1, 0.15) is 0 Å². The summed E-state index contributed by atoms with van der Waals surface area (Å²) >= 11 is 0. The summed E-state index contributed by atoms with van der Waals surface area (Å²) in [5.41, 5.74) is 1.16. The lowest BCUT2D eigenvalue weighted by Gasteiger charge is -2.37. The largest absolute Gasteiger partial charge is 0.391 e. The van der Waals surface area contributed by atoms with Crippen LogP contribution in [0.4, 0.5) is 0 Å². The van der Waals surface area contributed by atoms with E-state index in [1.54, 1.807) is 0 Å². The second-order valence-corrected chi connectivity index (χ2v) is 9.25. The average Bonchev–Trinajstić information content (AvgIpc) is 2.99. The average molecular weight is 416 g/mol. The van der Waals surface area contributed by atoms with Gasteiger partial charge in [-0.2, -0.15) is 0 Å². The molecule has 0 spiro atoms. The summed E-state index contributed by atoms with van der Waals surface area (Å²) in [6.07, 6.45) is 5.09. The van der Waals surface area contributed by atoms with Crippen molar-refractivity contribution in [1.29, 1.82) is 0 Å². The van der Waals surface area contributed by atoms with Crippen molar-refractivity contribution in [2.75, 3.05) is 45.9 Å². The monoisotopic (exact) mass is 415 g/mol. The van der Waals surface area contributed by atoms with Crippen molar-refractivity contribution in [3.63, 3.8) is 0 Å². The molecule has 0 radical (unpaired) electrons. The van der Waals surface area contributed by atoms with Gasteiger partial charge in [-0.25, -0.2) is 0 Å². The molecule has 0 bridgehead atoms. The molecule has 1 aliphatic carbocycles. The Morgan fingerprint density at radius 2 is 1.80 bits per heavy atom. The Bertz CT molecular complexity index is 674. The van der Waals surface area contributed by atoms with Gasteiger partial charge in [-0.1, -0.05) is 30.3 Å². The highest BCUT2D eigenvalue weighted by molar-refractivity contribution is 5.78. The summed E-state index contributed by atoms with van der Waals surface area (Å²) in [6.45, 7) is 5.80. The van der Waals surface area contributed by atoms with Crippen molar-refractivity contribution < 1.29 is 14.6 Å². The highest BCUT2D eigenvalue weighted by Gasteiger charge is 2.40. The van der Waals surface area contributed by atoms with Crippen molar-refractivity contribution in [2.24, 2.45) is 5.92 Å². The van der Waals surface area contributed by atoms with E-state index in [1.807, 2.05) is 6.07 Å². The van der Waals surface area contributed by atoms with Crippen LogP contribution in [-0.4, -0.2) is 74.0 Å². The first-order chi connectivity index (χ1) is 14.7. The van der Waals surface area contributed by atoms with Crippen LogP contribution in [0.2, 0.25) is 0 Å². The van der Waals surface area contributed by atoms with Gasteiger partial charge in [0.2, 0.25) is 5.91 Å². The highest BCUT2D eigenvalue weighted by atomic mass is 16.5. The molecule has 1 aromatic rings. The second-order valence-electron chi connectivity index (χ2n) is 9.25. The summed E-state index contributed by atoms with van der Waals surface area (Å²) in [7, 11) is 0. The van der Waals surface area contributed by atoms with E-state index in [1.165, 1.54) is 5.56 Å². The van der Waals surface area contributed by atoms with Crippen molar-refractivity contribution in [3.8, 4) is 0 Å². The Labute approximate surface area is 180 Å². The van der Waals surface area contributed by atoms with E-state index in [4.69, 9.17) is 4.74 Å². The van der Waals surface area contributed by atoms with E-state index in [0.717, 1.165) is 77.9 Å². The first-order valence-corrected chi connectivity index (χ1v) is 11.7. The number of carbonyl (C=O) groups excluding carboxylic acids is 1. The van der Waals surface area contributed by atoms with Gasteiger partial charge in [-0.15, -0.1) is 0 Å². The van der Waals surface area contributed by atoms with Crippen LogP contribution < -0.4 is 10.6 Å². The minimum Gasteiger partial charge on any atom is -0.391 e. The van der Waals surface area contributed by atoms with Crippen molar-refractivity contribution in [2.45, 2.75) is 56.1 Å². The van der Waals surface area contributed by atoms with Crippen LogP contribution in [0.1, 0.15) is 44.1 Å². The van der Waals surface area contributed by atoms with Crippen molar-refractivity contribution >= 4 is 5.91 Å². The number of aliphatic hydroxyl groups is 1. The molecule has 0 aromatic heterocycles. The summed E-state index contributed by atoms with van der Waals surface area (Å²) in [5.74, 6) is 0.317. The van der Waals surface area contributed by atoms with Crippen LogP contribution in [0.25, 0.3) is 0 Å². The lowest BCUT2D eigenvalue weighted by molar-refractivity contribution is -0.126. The number of morpholine rings is 1. The maximum absolute atomic E-state index is 12.9. The van der Waals surface area contributed by atoms with Gasteiger partial charge >= 0.3 is 0 Å². The third kappa shape index (κ3) is 5.05. The molecule has 2 heterocycles. The molecule has 1 saturated carbocycles. The molecule has 166 valence electrons. The van der Waals surface area contributed by atoms with Crippen LogP contribution in [0, 0.1) is 5.92 Å². The fourth-order valence-corrected chi connectivity index (χ4v) is 5.54. The molecule has 6 heteroatoms. The normalized spacial score (nSPS) is 31.8. The summed E-state index contributed by atoms with van der Waals surface area (Å²) in [6, 6.07) is 10.8. The third-order valence-electron chi connectivity index (χ3n) is 7.49. The molecule has 30 heavy (non-hydrogen) atoms. The SMILES string of the molecule is O=C(NC[C@]1(c2ccccc2)CC[C@@H](O)[C@H](N2CCOCC2)CC1)C1CCNCC1. The van der Waals surface area contributed by atoms with Gasteiger partial charge in [0.05, 0.1) is 19.3 Å². The smallest absolute Gasteiger partial charge is 0.223 e. The van der Waals surface area contributed by atoms with E-state index in [0.29, 0.717) is 6.54 Å². The summed E-state index contributed by atoms with van der Waals surface area (Å²) in [5, 5.41) is 17.6. The van der Waals surface area contributed by atoms with Crippen LogP contribution in [0.5, 0.6) is 0 Å². The molecular weight excluding hydrogens is 378 g/mol. The molecule has 3 aliphatic rings. The molecule has 2 saturated heterocycles. The van der Waals surface area contributed by atoms with Crippen LogP contribution in [0.3, 0.4) is 0 Å². The van der Waals surface area contributed by atoms with Gasteiger partial charge in [-0.3, -0.25) is 9.69 Å². The van der Waals surface area contributed by atoms with Gasteiger partial charge < -0.3 is 20.5 Å². The van der Waals surface area contributed by atoms with Gasteiger partial charge in [0.25, 0.3) is 0 Å². The Morgan fingerprint density at radius 3 is 2.53 bits per heavy atom. The predicted octanol–water partition coefficient (Wildman–Crippen LogP) is 1.68. The lowest BCUT2D eigenvalue weighted by Crippen LogP contribution is -2.48. The topological polar surface area (TPSA) is 73.8 Å². The minimum atomic E-state index is -0.325. The highest BCUT2D eigenvalue weighted by Crippen LogP contribution is 2.39. The van der Waals surface area contributed by atoms with E-state index in [-0.39, 0.29) is 29.4 Å². The molecule has 6 nitrogen and oxygen atoms in total. The molecule has 3 fully saturated rings. The molecule has 1 aromatic carbocycles. The number of hydrogen-bond acceptors (Lipinski definition) is 5. The minimum absolute atomic E-state index is 0.119. The maximum Gasteiger partial charge on any atom is 0.223 e. The number of aliphatic hydroxyl groups excluding tert-OH is 1. The number of rotatable bonds is 5. The fourth-order valence-electron chi connectivity index (χ4n) is 5.54. The quantitative estimate of drug-likeness (QED) is 0.638. The fraction of sp³-hybridized carbons (Fsp3) is 0.708. The van der Waals surface area contributed by atoms with E-state index >= 15 is 0 Å². The van der Waals surface area contributed by atoms with E-state index < -0.39 is 0 Å². The Morgan fingerprint density at radius 1 is 1.10 bits per heavy atom. The van der Waals surface area contributed by atoms with Crippen LogP contribution in [0.15, 0.2) is 30.3 Å². The number of hydrogen-bond donors (Lipinski definition) is 3. The predicted molar refractivity (Wildman–Crippen MR) is 117 cm³/mol. The number of piperidine rings is 1.